The molecule has 0 radical (unpaired) electrons. The Morgan fingerprint density at radius 3 is 2.83 bits per heavy atom. The Bertz CT molecular complexity index is 604. The Morgan fingerprint density at radius 1 is 1.33 bits per heavy atom. The zero-order chi connectivity index (χ0) is 13.1. The van der Waals surface area contributed by atoms with E-state index in [2.05, 4.69) is 10.3 Å². The summed E-state index contributed by atoms with van der Waals surface area (Å²) in [6.45, 7) is 0. The first-order valence-corrected chi connectivity index (χ1v) is 5.43. The molecule has 18 heavy (non-hydrogen) atoms. The molecule has 0 aliphatic carbocycles. The second kappa shape index (κ2) is 5.01. The van der Waals surface area contributed by atoms with E-state index in [-0.39, 0.29) is 22.2 Å². The maximum absolute atomic E-state index is 13.0. The summed E-state index contributed by atoms with van der Waals surface area (Å²) in [4.78, 5) is 15.7. The summed E-state index contributed by atoms with van der Waals surface area (Å²) in [6.07, 6.45) is 0. The van der Waals surface area contributed by atoms with E-state index in [0.29, 0.717) is 0 Å². The van der Waals surface area contributed by atoms with Crippen molar-refractivity contribution < 1.29 is 9.18 Å². The minimum atomic E-state index is -0.540. The maximum atomic E-state index is 13.0. The van der Waals surface area contributed by atoms with E-state index in [1.165, 1.54) is 12.1 Å². The lowest BCUT2D eigenvalue weighted by Gasteiger charge is -2.07. The molecule has 0 fully saturated rings. The molecule has 0 bridgehead atoms. The number of halogens is 2. The Hall–Kier alpha value is -2.14. The van der Waals surface area contributed by atoms with Gasteiger partial charge >= 0.3 is 0 Å². The number of rotatable bonds is 2. The lowest BCUT2D eigenvalue weighted by atomic mass is 10.1. The minimum absolute atomic E-state index is 0.0526. The van der Waals surface area contributed by atoms with E-state index in [1.807, 2.05) is 0 Å². The molecular weight excluding hydrogens is 257 g/mol. The van der Waals surface area contributed by atoms with Gasteiger partial charge in [0, 0.05) is 5.69 Å². The van der Waals surface area contributed by atoms with Crippen LogP contribution >= 0.6 is 11.6 Å². The number of nitrogens with zero attached hydrogens (tertiary/aromatic N) is 1. The topological polar surface area (TPSA) is 68.0 Å². The molecule has 0 saturated carbocycles. The molecule has 6 heteroatoms. The van der Waals surface area contributed by atoms with Crippen LogP contribution in [0.1, 0.15) is 10.4 Å². The summed E-state index contributed by atoms with van der Waals surface area (Å²) < 4.78 is 13.0. The molecule has 0 unspecified atom stereocenters. The van der Waals surface area contributed by atoms with Crippen LogP contribution in [0.25, 0.3) is 0 Å². The number of carbonyl (C=O) groups excluding carboxylic acids is 1. The van der Waals surface area contributed by atoms with Crippen LogP contribution < -0.4 is 11.1 Å². The molecule has 1 aromatic carbocycles. The van der Waals surface area contributed by atoms with Gasteiger partial charge in [-0.05, 0) is 30.3 Å². The van der Waals surface area contributed by atoms with Gasteiger partial charge in [0.1, 0.15) is 16.8 Å². The molecule has 0 saturated heterocycles. The first-order chi connectivity index (χ1) is 8.56. The highest BCUT2D eigenvalue weighted by atomic mass is 35.5. The second-order valence-electron chi connectivity index (χ2n) is 3.53. The van der Waals surface area contributed by atoms with E-state index >= 15 is 0 Å². The fourth-order valence-corrected chi connectivity index (χ4v) is 1.55. The number of nitrogens with one attached hydrogen (secondary N) is 1. The van der Waals surface area contributed by atoms with E-state index in [1.54, 1.807) is 18.2 Å². The number of hydrogen-bond acceptors (Lipinski definition) is 3. The third-order valence-electron chi connectivity index (χ3n) is 2.22. The van der Waals surface area contributed by atoms with Crippen molar-refractivity contribution in [2.45, 2.75) is 0 Å². The van der Waals surface area contributed by atoms with Crippen molar-refractivity contribution >= 4 is 29.0 Å². The Labute approximate surface area is 108 Å². The molecule has 3 N–H and O–H groups in total. The number of aromatic nitrogens is 1. The molecule has 2 aromatic rings. The van der Waals surface area contributed by atoms with Crippen LogP contribution in [0.3, 0.4) is 0 Å². The number of amides is 1. The van der Waals surface area contributed by atoms with Crippen molar-refractivity contribution in [1.82, 2.24) is 4.98 Å². The third kappa shape index (κ3) is 2.75. The molecule has 4 nitrogen and oxygen atoms in total. The van der Waals surface area contributed by atoms with Crippen LogP contribution in [0.5, 0.6) is 0 Å². The first-order valence-electron chi connectivity index (χ1n) is 5.05. The number of nitrogens with two attached hydrogens (primary N) is 1. The van der Waals surface area contributed by atoms with E-state index in [0.717, 1.165) is 6.07 Å². The van der Waals surface area contributed by atoms with Crippen LogP contribution in [0, 0.1) is 5.82 Å². The normalized spacial score (nSPS) is 10.1. The quantitative estimate of drug-likeness (QED) is 0.648. The van der Waals surface area contributed by atoms with Crippen molar-refractivity contribution in [2.24, 2.45) is 0 Å². The summed E-state index contributed by atoms with van der Waals surface area (Å²) in [5, 5.41) is 2.74. The predicted octanol–water partition coefficient (Wildman–Crippen LogP) is 2.71. The first kappa shape index (κ1) is 12.3. The molecule has 1 heterocycles. The number of carbonyl (C=O) groups is 1. The van der Waals surface area contributed by atoms with Crippen LogP contribution in [-0.2, 0) is 0 Å². The number of anilines is 2. The Kier molecular flexibility index (Phi) is 3.43. The summed E-state index contributed by atoms with van der Waals surface area (Å²) in [6, 6.07) is 8.36. The van der Waals surface area contributed by atoms with Crippen molar-refractivity contribution in [1.29, 1.82) is 0 Å². The molecule has 0 atom stereocenters. The van der Waals surface area contributed by atoms with Gasteiger partial charge in [-0.1, -0.05) is 17.7 Å². The van der Waals surface area contributed by atoms with Crippen LogP contribution in [0.4, 0.5) is 15.9 Å². The van der Waals surface area contributed by atoms with Gasteiger partial charge in [-0.3, -0.25) is 4.79 Å². The van der Waals surface area contributed by atoms with Gasteiger partial charge in [-0.25, -0.2) is 9.37 Å². The summed E-state index contributed by atoms with van der Waals surface area (Å²) >= 11 is 5.68. The Balaban J connectivity index is 2.24. The SMILES string of the molecule is Nc1ccc(F)cc1C(=O)Nc1cccc(Cl)n1. The van der Waals surface area contributed by atoms with Gasteiger partial charge in [-0.2, -0.15) is 0 Å². The van der Waals surface area contributed by atoms with Gasteiger partial charge < -0.3 is 11.1 Å². The summed E-state index contributed by atoms with van der Waals surface area (Å²) in [5.41, 5.74) is 5.84. The average molecular weight is 266 g/mol. The van der Waals surface area contributed by atoms with Crippen molar-refractivity contribution in [3.05, 3.63) is 52.9 Å². The Morgan fingerprint density at radius 2 is 2.11 bits per heavy atom. The third-order valence-corrected chi connectivity index (χ3v) is 2.43. The molecule has 92 valence electrons. The van der Waals surface area contributed by atoms with Crippen molar-refractivity contribution in [3.63, 3.8) is 0 Å². The van der Waals surface area contributed by atoms with Gasteiger partial charge in [0.2, 0.25) is 0 Å². The number of hydrogen-bond donors (Lipinski definition) is 2. The number of nitrogen functional groups attached to an aromatic ring is 1. The second-order valence-corrected chi connectivity index (χ2v) is 3.92. The molecule has 0 aliphatic rings. The summed E-state index contributed by atoms with van der Waals surface area (Å²) in [7, 11) is 0. The molecule has 0 aliphatic heterocycles. The van der Waals surface area contributed by atoms with Crippen LogP contribution in [-0.4, -0.2) is 10.9 Å². The highest BCUT2D eigenvalue weighted by molar-refractivity contribution is 6.29. The zero-order valence-corrected chi connectivity index (χ0v) is 9.91. The van der Waals surface area contributed by atoms with E-state index in [4.69, 9.17) is 17.3 Å². The van der Waals surface area contributed by atoms with Gasteiger partial charge in [-0.15, -0.1) is 0 Å². The predicted molar refractivity (Wildman–Crippen MR) is 68.0 cm³/mol. The number of benzene rings is 1. The molecule has 1 amide bonds. The van der Waals surface area contributed by atoms with Gasteiger partial charge in [0.05, 0.1) is 5.56 Å². The molecule has 0 spiro atoms. The molecule has 1 aromatic heterocycles. The van der Waals surface area contributed by atoms with Gasteiger partial charge in [0.15, 0.2) is 0 Å². The van der Waals surface area contributed by atoms with Crippen LogP contribution in [0.15, 0.2) is 36.4 Å². The fourth-order valence-electron chi connectivity index (χ4n) is 1.39. The monoisotopic (exact) mass is 265 g/mol. The zero-order valence-electron chi connectivity index (χ0n) is 9.15. The van der Waals surface area contributed by atoms with Crippen molar-refractivity contribution in [2.75, 3.05) is 11.1 Å². The largest absolute Gasteiger partial charge is 0.398 e. The standard InChI is InChI=1S/C12H9ClFN3O/c13-10-2-1-3-11(16-10)17-12(18)8-6-7(14)4-5-9(8)15/h1-6H,15H2,(H,16,17,18). The fraction of sp³-hybridized carbons (Fsp3) is 0. The van der Waals surface area contributed by atoms with Crippen molar-refractivity contribution in [3.8, 4) is 0 Å². The highest BCUT2D eigenvalue weighted by Crippen LogP contribution is 2.16. The van der Waals surface area contributed by atoms with E-state index in [9.17, 15) is 9.18 Å². The maximum Gasteiger partial charge on any atom is 0.259 e. The molecule has 2 rings (SSSR count). The van der Waals surface area contributed by atoms with Gasteiger partial charge in [0.25, 0.3) is 5.91 Å². The minimum Gasteiger partial charge on any atom is -0.398 e. The van der Waals surface area contributed by atoms with E-state index < -0.39 is 11.7 Å². The molecular formula is C12H9ClFN3O. The lowest BCUT2D eigenvalue weighted by molar-refractivity contribution is 0.102. The highest BCUT2D eigenvalue weighted by Gasteiger charge is 2.11. The average Bonchev–Trinajstić information content (AvgIpc) is 2.32. The lowest BCUT2D eigenvalue weighted by Crippen LogP contribution is -2.15. The summed E-state index contributed by atoms with van der Waals surface area (Å²) in [5.74, 6) is -0.800. The number of pyridine rings is 1. The smallest absolute Gasteiger partial charge is 0.259 e. The van der Waals surface area contributed by atoms with Crippen LogP contribution in [0.2, 0.25) is 5.15 Å².